The average Bonchev–Trinajstić information content (AvgIpc) is 2.81. The Morgan fingerprint density at radius 1 is 1.31 bits per heavy atom. The predicted molar refractivity (Wildman–Crippen MR) is 59.3 cm³/mol. The van der Waals surface area contributed by atoms with E-state index in [1.807, 2.05) is 0 Å². The van der Waals surface area contributed by atoms with Gasteiger partial charge in [0.15, 0.2) is 0 Å². The van der Waals surface area contributed by atoms with Crippen LogP contribution in [0.15, 0.2) is 0 Å². The Morgan fingerprint density at radius 2 is 2.19 bits per heavy atom. The van der Waals surface area contributed by atoms with Crippen molar-refractivity contribution in [1.82, 2.24) is 5.32 Å². The molecule has 5 heteroatoms. The van der Waals surface area contributed by atoms with Crippen molar-refractivity contribution in [3.05, 3.63) is 0 Å². The molecule has 1 aliphatic rings. The van der Waals surface area contributed by atoms with E-state index in [0.717, 1.165) is 25.8 Å². The number of carbonyl (C=O) groups excluding carboxylic acids is 1. The molecule has 0 aromatic heterocycles. The zero-order chi connectivity index (χ0) is 11.6. The monoisotopic (exact) mass is 231 g/mol. The molecular formula is C11H21NO4. The summed E-state index contributed by atoms with van der Waals surface area (Å²) in [7, 11) is 1.64. The minimum absolute atomic E-state index is 0.0885. The van der Waals surface area contributed by atoms with E-state index in [9.17, 15) is 4.79 Å². The summed E-state index contributed by atoms with van der Waals surface area (Å²) in [5, 5.41) is 3.10. The number of carbonyl (C=O) groups is 1. The third kappa shape index (κ3) is 5.44. The molecule has 1 heterocycles. The van der Waals surface area contributed by atoms with Gasteiger partial charge in [-0.15, -0.1) is 0 Å². The zero-order valence-corrected chi connectivity index (χ0v) is 9.87. The second-order valence-corrected chi connectivity index (χ2v) is 3.78. The number of nitrogens with one attached hydrogen (secondary N) is 1. The van der Waals surface area contributed by atoms with Crippen LogP contribution in [0.1, 0.15) is 19.3 Å². The van der Waals surface area contributed by atoms with Crippen LogP contribution in [0.3, 0.4) is 0 Å². The molecule has 0 amide bonds. The lowest BCUT2D eigenvalue weighted by atomic mass is 10.2. The molecule has 0 aromatic rings. The molecule has 1 aliphatic heterocycles. The van der Waals surface area contributed by atoms with Gasteiger partial charge in [-0.05, 0) is 19.4 Å². The molecule has 0 aromatic carbocycles. The molecule has 0 unspecified atom stereocenters. The first-order chi connectivity index (χ1) is 7.84. The summed E-state index contributed by atoms with van der Waals surface area (Å²) in [4.78, 5) is 11.4. The van der Waals surface area contributed by atoms with Crippen LogP contribution in [0.5, 0.6) is 0 Å². The first-order valence-electron chi connectivity index (χ1n) is 5.81. The van der Waals surface area contributed by atoms with Crippen molar-refractivity contribution in [3.63, 3.8) is 0 Å². The number of hydrogen-bond acceptors (Lipinski definition) is 5. The van der Waals surface area contributed by atoms with Gasteiger partial charge in [-0.2, -0.15) is 0 Å². The first kappa shape index (κ1) is 13.4. The maximum Gasteiger partial charge on any atom is 0.323 e. The molecule has 0 radical (unpaired) electrons. The van der Waals surface area contributed by atoms with Gasteiger partial charge < -0.3 is 19.5 Å². The summed E-state index contributed by atoms with van der Waals surface area (Å²) in [5.41, 5.74) is 0. The molecule has 0 bridgehead atoms. The Bertz CT molecular complexity index is 192. The van der Waals surface area contributed by atoms with E-state index in [1.165, 1.54) is 0 Å². The van der Waals surface area contributed by atoms with Crippen LogP contribution >= 0.6 is 0 Å². The van der Waals surface area contributed by atoms with Crippen molar-refractivity contribution < 1.29 is 19.0 Å². The molecule has 94 valence electrons. The van der Waals surface area contributed by atoms with Gasteiger partial charge in [0, 0.05) is 20.1 Å². The fourth-order valence-corrected chi connectivity index (χ4v) is 1.56. The molecule has 16 heavy (non-hydrogen) atoms. The van der Waals surface area contributed by atoms with E-state index in [1.54, 1.807) is 7.11 Å². The second kappa shape index (κ2) is 8.50. The maximum absolute atomic E-state index is 11.4. The van der Waals surface area contributed by atoms with Crippen LogP contribution in [-0.4, -0.2) is 52.1 Å². The molecule has 1 rings (SSSR count). The van der Waals surface area contributed by atoms with Crippen molar-refractivity contribution in [2.24, 2.45) is 0 Å². The van der Waals surface area contributed by atoms with Crippen molar-refractivity contribution in [2.45, 2.75) is 25.3 Å². The summed E-state index contributed by atoms with van der Waals surface area (Å²) in [6.45, 7) is 3.15. The quantitative estimate of drug-likeness (QED) is 0.482. The molecule has 1 saturated heterocycles. The highest BCUT2D eigenvalue weighted by molar-refractivity contribution is 5.76. The minimum atomic E-state index is -0.130. The van der Waals surface area contributed by atoms with Crippen LogP contribution in [0, 0.1) is 0 Å². The summed E-state index contributed by atoms with van der Waals surface area (Å²) in [5.74, 6) is -0.130. The van der Waals surface area contributed by atoms with E-state index in [4.69, 9.17) is 14.2 Å². The Labute approximate surface area is 96.4 Å². The van der Waals surface area contributed by atoms with Gasteiger partial charge in [-0.1, -0.05) is 0 Å². The average molecular weight is 231 g/mol. The number of rotatable bonds is 8. The van der Waals surface area contributed by atoms with E-state index >= 15 is 0 Å². The van der Waals surface area contributed by atoms with E-state index < -0.39 is 0 Å². The topological polar surface area (TPSA) is 56.8 Å². The Morgan fingerprint density at radius 3 is 2.88 bits per heavy atom. The van der Waals surface area contributed by atoms with Gasteiger partial charge >= 0.3 is 5.97 Å². The molecule has 5 nitrogen and oxygen atoms in total. The number of hydrogen-bond donors (Lipinski definition) is 1. The first-order valence-corrected chi connectivity index (χ1v) is 5.81. The molecule has 0 aliphatic carbocycles. The standard InChI is InChI=1S/C11H21NO4/c1-14-8-9-15-6-3-7-16-11(13)10-4-2-5-12-10/h10,12H,2-9H2,1H3/t10-/m0/s1. The lowest BCUT2D eigenvalue weighted by Crippen LogP contribution is -2.32. The van der Waals surface area contributed by atoms with Gasteiger partial charge in [0.2, 0.25) is 0 Å². The summed E-state index contributed by atoms with van der Waals surface area (Å²) >= 11 is 0. The summed E-state index contributed by atoms with van der Waals surface area (Å²) in [6.07, 6.45) is 2.69. The lowest BCUT2D eigenvalue weighted by molar-refractivity contribution is -0.146. The highest BCUT2D eigenvalue weighted by Crippen LogP contribution is 2.06. The Hall–Kier alpha value is -0.650. The molecule has 1 fully saturated rings. The van der Waals surface area contributed by atoms with Crippen molar-refractivity contribution in [3.8, 4) is 0 Å². The van der Waals surface area contributed by atoms with Crippen LogP contribution in [0.4, 0.5) is 0 Å². The minimum Gasteiger partial charge on any atom is -0.464 e. The fraction of sp³-hybridized carbons (Fsp3) is 0.909. The van der Waals surface area contributed by atoms with Gasteiger partial charge in [-0.3, -0.25) is 4.79 Å². The van der Waals surface area contributed by atoms with Crippen LogP contribution < -0.4 is 5.32 Å². The summed E-state index contributed by atoms with van der Waals surface area (Å²) in [6, 6.07) is -0.0885. The molecule has 0 spiro atoms. The lowest BCUT2D eigenvalue weighted by Gasteiger charge is -2.10. The number of esters is 1. The van der Waals surface area contributed by atoms with Gasteiger partial charge in [0.1, 0.15) is 6.04 Å². The Kier molecular flexibility index (Phi) is 7.12. The maximum atomic E-state index is 11.4. The van der Waals surface area contributed by atoms with Gasteiger partial charge in [-0.25, -0.2) is 0 Å². The highest BCUT2D eigenvalue weighted by atomic mass is 16.5. The normalized spacial score (nSPS) is 19.9. The molecule has 1 atom stereocenters. The van der Waals surface area contributed by atoms with Crippen LogP contribution in [0.2, 0.25) is 0 Å². The third-order valence-corrected chi connectivity index (χ3v) is 2.45. The predicted octanol–water partition coefficient (Wildman–Crippen LogP) is 0.335. The third-order valence-electron chi connectivity index (χ3n) is 2.45. The van der Waals surface area contributed by atoms with Crippen LogP contribution in [0.25, 0.3) is 0 Å². The Balaban J connectivity index is 1.88. The van der Waals surface area contributed by atoms with E-state index in [0.29, 0.717) is 26.4 Å². The molecular weight excluding hydrogens is 210 g/mol. The second-order valence-electron chi connectivity index (χ2n) is 3.78. The van der Waals surface area contributed by atoms with Crippen LogP contribution in [-0.2, 0) is 19.0 Å². The molecule has 0 saturated carbocycles. The van der Waals surface area contributed by atoms with Crippen molar-refractivity contribution in [1.29, 1.82) is 0 Å². The van der Waals surface area contributed by atoms with Crippen molar-refractivity contribution in [2.75, 3.05) is 40.1 Å². The molecule has 1 N–H and O–H groups in total. The highest BCUT2D eigenvalue weighted by Gasteiger charge is 2.22. The number of methoxy groups -OCH3 is 1. The summed E-state index contributed by atoms with van der Waals surface area (Å²) < 4.78 is 15.2. The fourth-order valence-electron chi connectivity index (χ4n) is 1.56. The SMILES string of the molecule is COCCOCCCOC(=O)[C@@H]1CCCN1. The number of ether oxygens (including phenoxy) is 3. The van der Waals surface area contributed by atoms with Gasteiger partial charge in [0.05, 0.1) is 19.8 Å². The zero-order valence-electron chi connectivity index (χ0n) is 9.87. The smallest absolute Gasteiger partial charge is 0.323 e. The van der Waals surface area contributed by atoms with E-state index in [-0.39, 0.29) is 12.0 Å². The van der Waals surface area contributed by atoms with Crippen molar-refractivity contribution >= 4 is 5.97 Å². The largest absolute Gasteiger partial charge is 0.464 e. The van der Waals surface area contributed by atoms with Gasteiger partial charge in [0.25, 0.3) is 0 Å². The van der Waals surface area contributed by atoms with E-state index in [2.05, 4.69) is 5.32 Å².